The van der Waals surface area contributed by atoms with Crippen LogP contribution in [-0.2, 0) is 4.74 Å². The predicted octanol–water partition coefficient (Wildman–Crippen LogP) is 3.27. The average Bonchev–Trinajstić information content (AvgIpc) is 3.40. The van der Waals surface area contributed by atoms with Gasteiger partial charge in [-0.1, -0.05) is 42.0 Å². The second kappa shape index (κ2) is 8.39. The number of aryl methyl sites for hydroxylation is 1. The zero-order chi connectivity index (χ0) is 22.1. The second-order valence-electron chi connectivity index (χ2n) is 7.96. The van der Waals surface area contributed by atoms with Crippen LogP contribution in [0.5, 0.6) is 0 Å². The number of hydrogen-bond acceptors (Lipinski definition) is 6. The SMILES string of the molecule is Cc1cccc(C=Nn2c(N)c(C(=O)NCC3CCCO3)c3nc4ccccc4nc32)c1. The van der Waals surface area contributed by atoms with Gasteiger partial charge in [-0.3, -0.25) is 4.79 Å². The molecule has 2 aromatic heterocycles. The van der Waals surface area contributed by atoms with Crippen molar-refractivity contribution in [2.45, 2.75) is 25.9 Å². The van der Waals surface area contributed by atoms with Crippen LogP contribution in [0, 0.1) is 6.92 Å². The number of nitrogen functional groups attached to an aromatic ring is 1. The minimum atomic E-state index is -0.308. The van der Waals surface area contributed by atoms with Crippen molar-refractivity contribution in [1.29, 1.82) is 0 Å². The zero-order valence-corrected chi connectivity index (χ0v) is 17.8. The van der Waals surface area contributed by atoms with Crippen molar-refractivity contribution < 1.29 is 9.53 Å². The number of para-hydroxylation sites is 2. The lowest BCUT2D eigenvalue weighted by molar-refractivity contribution is 0.0859. The molecule has 32 heavy (non-hydrogen) atoms. The topological polar surface area (TPSA) is 107 Å². The molecule has 4 aromatic rings. The standard InChI is InChI=1S/C24H24N6O2/c1-15-6-4-7-16(12-15)13-27-30-22(25)20(24(31)26-14-17-8-5-11-32-17)21-23(30)29-19-10-3-2-9-18(19)28-21/h2-4,6-7,9-10,12-13,17H,5,8,11,14,25H2,1H3,(H,26,31). The summed E-state index contributed by atoms with van der Waals surface area (Å²) in [7, 11) is 0. The number of aromatic nitrogens is 3. The first-order valence-electron chi connectivity index (χ1n) is 10.7. The summed E-state index contributed by atoms with van der Waals surface area (Å²) in [6.45, 7) is 3.18. The third kappa shape index (κ3) is 3.80. The fourth-order valence-electron chi connectivity index (χ4n) is 3.96. The Bertz CT molecular complexity index is 1340. The Hall–Kier alpha value is -3.78. The van der Waals surface area contributed by atoms with Gasteiger partial charge >= 0.3 is 0 Å². The maximum absolute atomic E-state index is 13.1. The second-order valence-corrected chi connectivity index (χ2v) is 7.96. The lowest BCUT2D eigenvalue weighted by Crippen LogP contribution is -2.32. The van der Waals surface area contributed by atoms with Gasteiger partial charge in [0.15, 0.2) is 5.65 Å². The van der Waals surface area contributed by atoms with E-state index in [1.165, 1.54) is 4.68 Å². The number of nitrogens with zero attached hydrogens (tertiary/aromatic N) is 4. The molecule has 8 nitrogen and oxygen atoms in total. The monoisotopic (exact) mass is 428 g/mol. The number of carbonyl (C=O) groups is 1. The molecule has 0 aliphatic carbocycles. The summed E-state index contributed by atoms with van der Waals surface area (Å²) in [5.41, 5.74) is 11.0. The van der Waals surface area contributed by atoms with Gasteiger partial charge in [-0.15, -0.1) is 0 Å². The molecule has 0 spiro atoms. The molecule has 1 aliphatic rings. The Labute approximate surface area is 185 Å². The van der Waals surface area contributed by atoms with E-state index in [1.54, 1.807) is 6.21 Å². The minimum absolute atomic E-state index is 0.0276. The van der Waals surface area contributed by atoms with Crippen molar-refractivity contribution in [3.05, 3.63) is 65.2 Å². The van der Waals surface area contributed by atoms with Gasteiger partial charge in [-0.25, -0.2) is 9.97 Å². The highest BCUT2D eigenvalue weighted by molar-refractivity contribution is 6.10. The van der Waals surface area contributed by atoms with Crippen LogP contribution in [0.2, 0.25) is 0 Å². The van der Waals surface area contributed by atoms with Crippen LogP contribution in [0.25, 0.3) is 22.2 Å². The molecule has 5 rings (SSSR count). The van der Waals surface area contributed by atoms with Crippen molar-refractivity contribution in [3.8, 4) is 0 Å². The molecule has 2 aromatic carbocycles. The van der Waals surface area contributed by atoms with Crippen molar-refractivity contribution >= 4 is 40.1 Å². The van der Waals surface area contributed by atoms with Gasteiger partial charge in [0.2, 0.25) is 0 Å². The van der Waals surface area contributed by atoms with Crippen LogP contribution in [0.3, 0.4) is 0 Å². The molecule has 1 atom stereocenters. The van der Waals surface area contributed by atoms with Gasteiger partial charge in [0, 0.05) is 13.2 Å². The van der Waals surface area contributed by atoms with E-state index < -0.39 is 0 Å². The summed E-state index contributed by atoms with van der Waals surface area (Å²) < 4.78 is 7.10. The first-order chi connectivity index (χ1) is 15.6. The number of hydrogen-bond donors (Lipinski definition) is 2. The van der Waals surface area contributed by atoms with Crippen molar-refractivity contribution in [1.82, 2.24) is 20.0 Å². The Morgan fingerprint density at radius 2 is 2.06 bits per heavy atom. The molecule has 1 aliphatic heterocycles. The molecule has 1 unspecified atom stereocenters. The summed E-state index contributed by atoms with van der Waals surface area (Å²) in [6, 6.07) is 15.5. The van der Waals surface area contributed by atoms with Crippen LogP contribution < -0.4 is 11.1 Å². The molecule has 1 fully saturated rings. The average molecular weight is 428 g/mol. The summed E-state index contributed by atoms with van der Waals surface area (Å²) in [6.07, 6.45) is 3.67. The maximum atomic E-state index is 13.1. The first kappa shape index (κ1) is 20.1. The summed E-state index contributed by atoms with van der Waals surface area (Å²) in [5.74, 6) is -0.110. The van der Waals surface area contributed by atoms with Crippen LogP contribution in [0.4, 0.5) is 5.82 Å². The van der Waals surface area contributed by atoms with Crippen LogP contribution in [0.1, 0.15) is 34.3 Å². The Morgan fingerprint density at radius 3 is 2.81 bits per heavy atom. The van der Waals surface area contributed by atoms with Gasteiger partial charge in [0.25, 0.3) is 5.91 Å². The number of benzene rings is 2. The largest absolute Gasteiger partial charge is 0.383 e. The molecule has 0 saturated carbocycles. The summed E-state index contributed by atoms with van der Waals surface area (Å²) in [5, 5.41) is 7.49. The highest BCUT2D eigenvalue weighted by atomic mass is 16.5. The quantitative estimate of drug-likeness (QED) is 0.475. The first-order valence-corrected chi connectivity index (χ1v) is 10.7. The normalized spacial score (nSPS) is 16.3. The van der Waals surface area contributed by atoms with Crippen LogP contribution in [0.15, 0.2) is 53.6 Å². The van der Waals surface area contributed by atoms with E-state index in [0.717, 1.165) is 30.6 Å². The Balaban J connectivity index is 1.59. The summed E-state index contributed by atoms with van der Waals surface area (Å²) in [4.78, 5) is 22.5. The zero-order valence-electron chi connectivity index (χ0n) is 17.8. The molecule has 1 amide bonds. The Kier molecular flexibility index (Phi) is 5.28. The molecule has 8 heteroatoms. The van der Waals surface area contributed by atoms with E-state index in [1.807, 2.05) is 55.5 Å². The van der Waals surface area contributed by atoms with E-state index >= 15 is 0 Å². The highest BCUT2D eigenvalue weighted by Crippen LogP contribution is 2.28. The third-order valence-electron chi connectivity index (χ3n) is 5.58. The molecule has 0 bridgehead atoms. The molecule has 162 valence electrons. The number of ether oxygens (including phenoxy) is 1. The highest BCUT2D eigenvalue weighted by Gasteiger charge is 2.25. The minimum Gasteiger partial charge on any atom is -0.383 e. The van der Waals surface area contributed by atoms with Crippen LogP contribution in [-0.4, -0.2) is 46.0 Å². The predicted molar refractivity (Wildman–Crippen MR) is 125 cm³/mol. The smallest absolute Gasteiger partial charge is 0.257 e. The van der Waals surface area contributed by atoms with Gasteiger partial charge < -0.3 is 15.8 Å². The van der Waals surface area contributed by atoms with E-state index in [9.17, 15) is 4.79 Å². The van der Waals surface area contributed by atoms with E-state index in [4.69, 9.17) is 20.4 Å². The molecule has 3 heterocycles. The molecular weight excluding hydrogens is 404 g/mol. The van der Waals surface area contributed by atoms with Crippen molar-refractivity contribution in [2.75, 3.05) is 18.9 Å². The fourth-order valence-corrected chi connectivity index (χ4v) is 3.96. The number of fused-ring (bicyclic) bond motifs is 2. The number of nitrogens with two attached hydrogens (primary N) is 1. The molecule has 3 N–H and O–H groups in total. The summed E-state index contributed by atoms with van der Waals surface area (Å²) >= 11 is 0. The lowest BCUT2D eigenvalue weighted by Gasteiger charge is -2.10. The van der Waals surface area contributed by atoms with Crippen LogP contribution >= 0.6 is 0 Å². The number of anilines is 1. The van der Waals surface area contributed by atoms with Gasteiger partial charge in [0.1, 0.15) is 16.9 Å². The molecule has 1 saturated heterocycles. The number of rotatable bonds is 5. The number of nitrogens with one attached hydrogen (secondary N) is 1. The Morgan fingerprint density at radius 1 is 1.25 bits per heavy atom. The van der Waals surface area contributed by atoms with Gasteiger partial charge in [0.05, 0.1) is 23.4 Å². The number of carbonyl (C=O) groups excluding carboxylic acids is 1. The van der Waals surface area contributed by atoms with Crippen molar-refractivity contribution in [3.63, 3.8) is 0 Å². The molecular formula is C24H24N6O2. The third-order valence-corrected chi connectivity index (χ3v) is 5.58. The van der Waals surface area contributed by atoms with Gasteiger partial charge in [-0.2, -0.15) is 9.78 Å². The van der Waals surface area contributed by atoms with Gasteiger partial charge in [-0.05, 0) is 37.5 Å². The maximum Gasteiger partial charge on any atom is 0.257 e. The fraction of sp³-hybridized carbons (Fsp3) is 0.250. The number of amides is 1. The van der Waals surface area contributed by atoms with E-state index in [2.05, 4.69) is 10.4 Å². The van der Waals surface area contributed by atoms with E-state index in [-0.39, 0.29) is 23.4 Å². The van der Waals surface area contributed by atoms with Crippen molar-refractivity contribution in [2.24, 2.45) is 5.10 Å². The lowest BCUT2D eigenvalue weighted by atomic mass is 10.2. The van der Waals surface area contributed by atoms with E-state index in [0.29, 0.717) is 28.7 Å². The molecule has 0 radical (unpaired) electrons.